The van der Waals surface area contributed by atoms with Crippen LogP contribution in [0.4, 0.5) is 0 Å². The van der Waals surface area contributed by atoms with E-state index in [4.69, 9.17) is 9.47 Å². The summed E-state index contributed by atoms with van der Waals surface area (Å²) in [7, 11) is 2.97. The van der Waals surface area contributed by atoms with E-state index in [2.05, 4.69) is 0 Å². The summed E-state index contributed by atoms with van der Waals surface area (Å²) in [5, 5.41) is 0.653. The molecule has 6 heteroatoms. The molecule has 0 aromatic heterocycles. The molecular formula is C15H17NO4Se. The zero-order valence-corrected chi connectivity index (χ0v) is 13.9. The van der Waals surface area contributed by atoms with Crippen molar-refractivity contribution in [1.82, 2.24) is 4.90 Å². The topological polar surface area (TPSA) is 55.8 Å². The fraction of sp³-hybridized carbons (Fsp3) is 0.333. The number of benzene rings is 1. The van der Waals surface area contributed by atoms with Crippen molar-refractivity contribution in [3.8, 4) is 5.75 Å². The Balaban J connectivity index is 2.29. The maximum absolute atomic E-state index is 11.9. The van der Waals surface area contributed by atoms with Gasteiger partial charge in [0, 0.05) is 0 Å². The van der Waals surface area contributed by atoms with Crippen molar-refractivity contribution < 1.29 is 19.1 Å². The molecule has 1 atom stereocenters. The molecule has 0 aliphatic carbocycles. The third kappa shape index (κ3) is 3.46. The Kier molecular flexibility index (Phi) is 5.04. The van der Waals surface area contributed by atoms with Gasteiger partial charge in [-0.2, -0.15) is 0 Å². The monoisotopic (exact) mass is 355 g/mol. The van der Waals surface area contributed by atoms with Gasteiger partial charge in [-0.3, -0.25) is 0 Å². The molecule has 0 N–H and O–H groups in total. The molecule has 1 aliphatic heterocycles. The number of carbonyl (C=O) groups is 2. The summed E-state index contributed by atoms with van der Waals surface area (Å²) in [5.41, 5.74) is 1.60. The molecule has 112 valence electrons. The standard InChI is InChI=1S/C15H17NO4Se/c1-10(17)16-8-12(15(18)20-3)9-21-14(16)11-4-6-13(19-2)7-5-11/h4-8,14H,9H2,1-3H3. The molecule has 1 unspecified atom stereocenters. The van der Waals surface area contributed by atoms with Crippen molar-refractivity contribution in [2.45, 2.75) is 17.2 Å². The van der Waals surface area contributed by atoms with Crippen molar-refractivity contribution in [1.29, 1.82) is 0 Å². The van der Waals surface area contributed by atoms with E-state index in [1.807, 2.05) is 24.3 Å². The molecule has 1 aromatic rings. The van der Waals surface area contributed by atoms with Gasteiger partial charge in [0.2, 0.25) is 0 Å². The number of hydrogen-bond acceptors (Lipinski definition) is 4. The van der Waals surface area contributed by atoms with Gasteiger partial charge in [0.1, 0.15) is 0 Å². The zero-order valence-electron chi connectivity index (χ0n) is 12.2. The Morgan fingerprint density at radius 1 is 1.24 bits per heavy atom. The van der Waals surface area contributed by atoms with Crippen LogP contribution in [-0.4, -0.2) is 46.0 Å². The molecule has 0 spiro atoms. The Morgan fingerprint density at radius 2 is 1.90 bits per heavy atom. The zero-order chi connectivity index (χ0) is 15.4. The van der Waals surface area contributed by atoms with Crippen LogP contribution in [0.3, 0.4) is 0 Å². The first-order valence-corrected chi connectivity index (χ1v) is 8.60. The van der Waals surface area contributed by atoms with Crippen LogP contribution in [0.1, 0.15) is 17.4 Å². The molecule has 1 aromatic carbocycles. The van der Waals surface area contributed by atoms with Crippen molar-refractivity contribution in [2.75, 3.05) is 14.2 Å². The van der Waals surface area contributed by atoms with E-state index < -0.39 is 0 Å². The number of methoxy groups -OCH3 is 2. The molecule has 0 saturated heterocycles. The van der Waals surface area contributed by atoms with E-state index in [1.165, 1.54) is 14.0 Å². The van der Waals surface area contributed by atoms with Crippen LogP contribution in [0.25, 0.3) is 0 Å². The van der Waals surface area contributed by atoms with Crippen LogP contribution in [0, 0.1) is 0 Å². The number of ether oxygens (including phenoxy) is 2. The van der Waals surface area contributed by atoms with E-state index in [1.54, 1.807) is 18.2 Å². The average molecular weight is 354 g/mol. The van der Waals surface area contributed by atoms with Crippen LogP contribution in [-0.2, 0) is 14.3 Å². The molecule has 21 heavy (non-hydrogen) atoms. The summed E-state index contributed by atoms with van der Waals surface area (Å²) in [6, 6.07) is 7.67. The fourth-order valence-corrected chi connectivity index (χ4v) is 4.67. The summed E-state index contributed by atoms with van der Waals surface area (Å²) in [4.78, 5) is 25.1. The number of nitrogens with zero attached hydrogens (tertiary/aromatic N) is 1. The quantitative estimate of drug-likeness (QED) is 0.613. The second-order valence-corrected chi connectivity index (χ2v) is 6.75. The Labute approximate surface area is 130 Å². The summed E-state index contributed by atoms with van der Waals surface area (Å²) in [5.74, 6) is 0.331. The maximum atomic E-state index is 11.9. The SMILES string of the molecule is COC(=O)C1=CN(C(C)=O)C(c2ccc(OC)cc2)[Se]C1. The van der Waals surface area contributed by atoms with E-state index in [0.717, 1.165) is 11.3 Å². The van der Waals surface area contributed by atoms with Gasteiger partial charge in [-0.15, -0.1) is 0 Å². The normalized spacial score (nSPS) is 18.0. The minimum absolute atomic E-state index is 0.00527. The Hall–Kier alpha value is -1.78. The van der Waals surface area contributed by atoms with Crippen LogP contribution in [0.2, 0.25) is 5.32 Å². The van der Waals surface area contributed by atoms with Gasteiger partial charge in [-0.25, -0.2) is 0 Å². The van der Waals surface area contributed by atoms with Gasteiger partial charge >= 0.3 is 130 Å². The summed E-state index contributed by atoms with van der Waals surface area (Å²) >= 11 is 0.0680. The molecule has 5 nitrogen and oxygen atoms in total. The third-order valence-electron chi connectivity index (χ3n) is 3.16. The van der Waals surface area contributed by atoms with Crippen molar-refractivity contribution in [2.24, 2.45) is 0 Å². The minimum atomic E-state index is -0.365. The van der Waals surface area contributed by atoms with Crippen molar-refractivity contribution >= 4 is 26.8 Å². The van der Waals surface area contributed by atoms with E-state index in [9.17, 15) is 9.59 Å². The molecule has 1 heterocycles. The molecule has 0 saturated carbocycles. The molecule has 2 rings (SSSR count). The second-order valence-electron chi connectivity index (χ2n) is 4.51. The number of esters is 1. The van der Waals surface area contributed by atoms with Crippen LogP contribution in [0.5, 0.6) is 5.75 Å². The van der Waals surface area contributed by atoms with Gasteiger partial charge in [-0.1, -0.05) is 0 Å². The first-order chi connectivity index (χ1) is 10.1. The second kappa shape index (κ2) is 6.78. The first kappa shape index (κ1) is 15.6. The number of rotatable bonds is 3. The van der Waals surface area contributed by atoms with Gasteiger partial charge in [0.25, 0.3) is 0 Å². The predicted molar refractivity (Wildman–Crippen MR) is 78.9 cm³/mol. The van der Waals surface area contributed by atoms with E-state index in [0.29, 0.717) is 10.9 Å². The van der Waals surface area contributed by atoms with Crippen molar-refractivity contribution in [3.63, 3.8) is 0 Å². The first-order valence-electron chi connectivity index (χ1n) is 6.40. The summed E-state index contributed by atoms with van der Waals surface area (Å²) in [6.45, 7) is 1.50. The summed E-state index contributed by atoms with van der Waals surface area (Å²) in [6.07, 6.45) is 1.62. The molecular weight excluding hydrogens is 337 g/mol. The number of amides is 1. The molecule has 1 amide bonds. The van der Waals surface area contributed by atoms with Gasteiger partial charge in [0.15, 0.2) is 0 Å². The van der Waals surface area contributed by atoms with Gasteiger partial charge in [0.05, 0.1) is 0 Å². The average Bonchev–Trinajstić information content (AvgIpc) is 2.53. The number of hydrogen-bond donors (Lipinski definition) is 0. The van der Waals surface area contributed by atoms with Gasteiger partial charge < -0.3 is 0 Å². The van der Waals surface area contributed by atoms with Crippen LogP contribution < -0.4 is 4.74 Å². The van der Waals surface area contributed by atoms with Crippen LogP contribution in [0.15, 0.2) is 36.0 Å². The fourth-order valence-electron chi connectivity index (χ4n) is 2.05. The van der Waals surface area contributed by atoms with Crippen LogP contribution >= 0.6 is 0 Å². The third-order valence-corrected chi connectivity index (χ3v) is 5.87. The Bertz CT molecular complexity index is 568. The van der Waals surface area contributed by atoms with Gasteiger partial charge in [-0.05, 0) is 0 Å². The van der Waals surface area contributed by atoms with Crippen molar-refractivity contribution in [3.05, 3.63) is 41.6 Å². The molecule has 0 bridgehead atoms. The molecule has 0 fully saturated rings. The molecule has 0 radical (unpaired) electrons. The van der Waals surface area contributed by atoms with E-state index in [-0.39, 0.29) is 31.8 Å². The predicted octanol–water partition coefficient (Wildman–Crippen LogP) is 1.74. The Morgan fingerprint density at radius 3 is 2.43 bits per heavy atom. The summed E-state index contributed by atoms with van der Waals surface area (Å²) < 4.78 is 9.88. The molecule has 1 aliphatic rings. The number of carbonyl (C=O) groups excluding carboxylic acids is 2. The van der Waals surface area contributed by atoms with E-state index >= 15 is 0 Å².